The number of benzene rings is 1. The van der Waals surface area contributed by atoms with E-state index in [2.05, 4.69) is 23.6 Å². The molecule has 3 nitrogen and oxygen atoms in total. The minimum absolute atomic E-state index is 0.0670. The molecule has 5 heteroatoms. The standard InChI is InChI=1S/C15H23ClFN3/c1-11(2)19-5-7-20(8-6-19)15(10-18)13-4-3-12(17)9-14(13)16/h3-4,9,11,15H,5-8,10,18H2,1-2H3. The van der Waals surface area contributed by atoms with Gasteiger partial charge in [-0.3, -0.25) is 9.80 Å². The van der Waals surface area contributed by atoms with Crippen molar-refractivity contribution >= 4 is 11.6 Å². The number of hydrogen-bond acceptors (Lipinski definition) is 3. The van der Waals surface area contributed by atoms with Crippen LogP contribution in [-0.2, 0) is 0 Å². The first kappa shape index (κ1) is 15.7. The van der Waals surface area contributed by atoms with Crippen LogP contribution < -0.4 is 5.73 Å². The van der Waals surface area contributed by atoms with Gasteiger partial charge in [-0.1, -0.05) is 17.7 Å². The lowest BCUT2D eigenvalue weighted by Gasteiger charge is -2.40. The van der Waals surface area contributed by atoms with Gasteiger partial charge in [0, 0.05) is 49.8 Å². The fourth-order valence-corrected chi connectivity index (χ4v) is 3.10. The molecule has 1 heterocycles. The zero-order chi connectivity index (χ0) is 14.7. The van der Waals surface area contributed by atoms with E-state index in [1.54, 1.807) is 6.07 Å². The Kier molecular flexibility index (Phi) is 5.38. The summed E-state index contributed by atoms with van der Waals surface area (Å²) in [6.07, 6.45) is 0. The van der Waals surface area contributed by atoms with Gasteiger partial charge in [-0.05, 0) is 31.5 Å². The van der Waals surface area contributed by atoms with Crippen molar-refractivity contribution in [2.45, 2.75) is 25.9 Å². The predicted octanol–water partition coefficient (Wildman–Crippen LogP) is 2.50. The Morgan fingerprint density at radius 1 is 1.20 bits per heavy atom. The summed E-state index contributed by atoms with van der Waals surface area (Å²) in [6, 6.07) is 5.21. The van der Waals surface area contributed by atoms with Crippen LogP contribution in [0.25, 0.3) is 0 Å². The predicted molar refractivity (Wildman–Crippen MR) is 81.5 cm³/mol. The first-order valence-corrected chi connectivity index (χ1v) is 7.54. The van der Waals surface area contributed by atoms with E-state index in [0.717, 1.165) is 31.7 Å². The zero-order valence-electron chi connectivity index (χ0n) is 12.1. The van der Waals surface area contributed by atoms with Crippen LogP contribution in [0.4, 0.5) is 4.39 Å². The Bertz CT molecular complexity index is 445. The largest absolute Gasteiger partial charge is 0.329 e. The van der Waals surface area contributed by atoms with E-state index in [-0.39, 0.29) is 11.9 Å². The highest BCUT2D eigenvalue weighted by molar-refractivity contribution is 6.31. The summed E-state index contributed by atoms with van der Waals surface area (Å²) in [6.45, 7) is 8.92. The SMILES string of the molecule is CC(C)N1CCN(C(CN)c2ccc(F)cc2Cl)CC1. The van der Waals surface area contributed by atoms with Crippen LogP contribution in [-0.4, -0.2) is 48.6 Å². The number of nitrogens with zero attached hydrogens (tertiary/aromatic N) is 2. The third-order valence-corrected chi connectivity index (χ3v) is 4.39. The Balaban J connectivity index is 2.09. The average molecular weight is 300 g/mol. The van der Waals surface area contributed by atoms with E-state index in [1.807, 2.05) is 0 Å². The molecular weight excluding hydrogens is 277 g/mol. The highest BCUT2D eigenvalue weighted by Crippen LogP contribution is 2.28. The van der Waals surface area contributed by atoms with E-state index in [9.17, 15) is 4.39 Å². The molecule has 0 bridgehead atoms. The summed E-state index contributed by atoms with van der Waals surface area (Å²) in [5.41, 5.74) is 6.85. The van der Waals surface area contributed by atoms with Gasteiger partial charge in [0.2, 0.25) is 0 Å². The maximum absolute atomic E-state index is 13.2. The lowest BCUT2D eigenvalue weighted by molar-refractivity contribution is 0.0802. The minimum atomic E-state index is -0.306. The van der Waals surface area contributed by atoms with Crippen molar-refractivity contribution in [1.29, 1.82) is 0 Å². The van der Waals surface area contributed by atoms with E-state index in [0.29, 0.717) is 17.6 Å². The molecular formula is C15H23ClFN3. The van der Waals surface area contributed by atoms with Gasteiger partial charge in [0.1, 0.15) is 5.82 Å². The molecule has 2 rings (SSSR count). The van der Waals surface area contributed by atoms with Crippen molar-refractivity contribution in [1.82, 2.24) is 9.80 Å². The summed E-state index contributed by atoms with van der Waals surface area (Å²) in [4.78, 5) is 4.80. The van der Waals surface area contributed by atoms with Gasteiger partial charge in [-0.25, -0.2) is 4.39 Å². The Morgan fingerprint density at radius 3 is 2.30 bits per heavy atom. The van der Waals surface area contributed by atoms with Crippen LogP contribution in [0.15, 0.2) is 18.2 Å². The normalized spacial score (nSPS) is 19.5. The molecule has 0 amide bonds. The topological polar surface area (TPSA) is 32.5 Å². The van der Waals surface area contributed by atoms with Crippen molar-refractivity contribution in [3.63, 3.8) is 0 Å². The molecule has 1 aromatic carbocycles. The maximum atomic E-state index is 13.2. The van der Waals surface area contributed by atoms with Crippen LogP contribution in [0.5, 0.6) is 0 Å². The van der Waals surface area contributed by atoms with Crippen LogP contribution >= 0.6 is 11.6 Å². The summed E-state index contributed by atoms with van der Waals surface area (Å²) in [5.74, 6) is -0.306. The molecule has 1 fully saturated rings. The molecule has 0 aromatic heterocycles. The van der Waals surface area contributed by atoms with Crippen LogP contribution in [0, 0.1) is 5.82 Å². The Hall–Kier alpha value is -0.680. The summed E-state index contributed by atoms with van der Waals surface area (Å²) in [7, 11) is 0. The molecule has 1 unspecified atom stereocenters. The number of rotatable bonds is 4. The van der Waals surface area contributed by atoms with Crippen molar-refractivity contribution in [2.75, 3.05) is 32.7 Å². The van der Waals surface area contributed by atoms with Gasteiger partial charge < -0.3 is 5.73 Å². The van der Waals surface area contributed by atoms with E-state index in [4.69, 9.17) is 17.3 Å². The molecule has 1 aromatic rings. The molecule has 0 aliphatic carbocycles. The summed E-state index contributed by atoms with van der Waals surface area (Å²) < 4.78 is 13.2. The third kappa shape index (κ3) is 3.50. The smallest absolute Gasteiger partial charge is 0.124 e. The van der Waals surface area contributed by atoms with Gasteiger partial charge >= 0.3 is 0 Å². The number of piperazine rings is 1. The zero-order valence-corrected chi connectivity index (χ0v) is 12.9. The number of nitrogens with two attached hydrogens (primary N) is 1. The summed E-state index contributed by atoms with van der Waals surface area (Å²) in [5, 5.41) is 0.465. The summed E-state index contributed by atoms with van der Waals surface area (Å²) >= 11 is 6.17. The van der Waals surface area contributed by atoms with Gasteiger partial charge in [0.15, 0.2) is 0 Å². The van der Waals surface area contributed by atoms with E-state index < -0.39 is 0 Å². The van der Waals surface area contributed by atoms with Crippen molar-refractivity contribution in [3.05, 3.63) is 34.6 Å². The fraction of sp³-hybridized carbons (Fsp3) is 0.600. The molecule has 0 spiro atoms. The van der Waals surface area contributed by atoms with Crippen LogP contribution in [0.2, 0.25) is 5.02 Å². The fourth-order valence-electron chi connectivity index (χ4n) is 2.81. The first-order valence-electron chi connectivity index (χ1n) is 7.16. The van der Waals surface area contributed by atoms with Crippen molar-refractivity contribution in [2.24, 2.45) is 5.73 Å². The third-order valence-electron chi connectivity index (χ3n) is 4.06. The van der Waals surface area contributed by atoms with Crippen molar-refractivity contribution in [3.8, 4) is 0 Å². The highest BCUT2D eigenvalue weighted by atomic mass is 35.5. The van der Waals surface area contributed by atoms with Crippen molar-refractivity contribution < 1.29 is 4.39 Å². The number of halogens is 2. The second kappa shape index (κ2) is 6.85. The number of hydrogen-bond donors (Lipinski definition) is 1. The molecule has 0 radical (unpaired) electrons. The van der Waals surface area contributed by atoms with Gasteiger partial charge in [0.05, 0.1) is 0 Å². The van der Waals surface area contributed by atoms with Crippen LogP contribution in [0.1, 0.15) is 25.5 Å². The quantitative estimate of drug-likeness (QED) is 0.927. The molecule has 20 heavy (non-hydrogen) atoms. The molecule has 2 N–H and O–H groups in total. The maximum Gasteiger partial charge on any atom is 0.124 e. The van der Waals surface area contributed by atoms with Gasteiger partial charge in [-0.15, -0.1) is 0 Å². The molecule has 0 saturated carbocycles. The molecule has 1 saturated heterocycles. The second-order valence-electron chi connectivity index (χ2n) is 5.58. The van der Waals surface area contributed by atoms with E-state index >= 15 is 0 Å². The average Bonchev–Trinajstić information content (AvgIpc) is 2.42. The molecule has 1 aliphatic heterocycles. The lowest BCUT2D eigenvalue weighted by Crippen LogP contribution is -2.50. The highest BCUT2D eigenvalue weighted by Gasteiger charge is 2.26. The Morgan fingerprint density at radius 2 is 1.80 bits per heavy atom. The van der Waals surface area contributed by atoms with Gasteiger partial charge in [0.25, 0.3) is 0 Å². The second-order valence-corrected chi connectivity index (χ2v) is 5.99. The lowest BCUT2D eigenvalue weighted by atomic mass is 10.0. The minimum Gasteiger partial charge on any atom is -0.329 e. The molecule has 1 atom stereocenters. The van der Waals surface area contributed by atoms with E-state index in [1.165, 1.54) is 12.1 Å². The molecule has 1 aliphatic rings. The first-order chi connectivity index (χ1) is 9.52. The van der Waals surface area contributed by atoms with Gasteiger partial charge in [-0.2, -0.15) is 0 Å². The molecule has 112 valence electrons. The van der Waals surface area contributed by atoms with Crippen LogP contribution in [0.3, 0.4) is 0 Å². The Labute approximate surface area is 125 Å². The monoisotopic (exact) mass is 299 g/mol.